The molecule has 0 radical (unpaired) electrons. The Labute approximate surface area is 107 Å². The van der Waals surface area contributed by atoms with Crippen molar-refractivity contribution in [1.82, 2.24) is 9.78 Å². The first-order valence-electron chi connectivity index (χ1n) is 6.31. The van der Waals surface area contributed by atoms with E-state index in [2.05, 4.69) is 5.10 Å². The van der Waals surface area contributed by atoms with E-state index < -0.39 is 5.60 Å². The third-order valence-corrected chi connectivity index (χ3v) is 3.20. The summed E-state index contributed by atoms with van der Waals surface area (Å²) in [7, 11) is 0. The van der Waals surface area contributed by atoms with Crippen molar-refractivity contribution in [2.45, 2.75) is 59.1 Å². The van der Waals surface area contributed by atoms with Crippen LogP contribution in [0.5, 0.6) is 0 Å². The van der Waals surface area contributed by atoms with Crippen molar-refractivity contribution >= 4 is 5.69 Å². The van der Waals surface area contributed by atoms with Crippen molar-refractivity contribution < 1.29 is 10.0 Å². The molecule has 6 heteroatoms. The van der Waals surface area contributed by atoms with Crippen molar-refractivity contribution in [2.75, 3.05) is 0 Å². The van der Waals surface area contributed by atoms with Crippen LogP contribution in [0.2, 0.25) is 0 Å². The Morgan fingerprint density at radius 2 is 2.00 bits per heavy atom. The number of aromatic nitrogens is 2. The van der Waals surface area contributed by atoms with Crippen LogP contribution < -0.4 is 0 Å². The summed E-state index contributed by atoms with van der Waals surface area (Å²) in [6, 6.07) is 0. The summed E-state index contributed by atoms with van der Waals surface area (Å²) in [5.74, 6) is 0. The molecule has 0 aliphatic heterocycles. The molecule has 1 rings (SSSR count). The number of nitro groups is 1. The van der Waals surface area contributed by atoms with Gasteiger partial charge in [0.1, 0.15) is 11.4 Å². The topological polar surface area (TPSA) is 81.2 Å². The Balaban J connectivity index is 3.24. The highest BCUT2D eigenvalue weighted by Gasteiger charge is 2.28. The zero-order valence-corrected chi connectivity index (χ0v) is 11.4. The number of aryl methyl sites for hydroxylation is 1. The minimum atomic E-state index is -0.894. The van der Waals surface area contributed by atoms with E-state index in [0.29, 0.717) is 30.7 Å². The van der Waals surface area contributed by atoms with E-state index in [1.54, 1.807) is 11.6 Å². The van der Waals surface area contributed by atoms with E-state index in [1.165, 1.54) is 0 Å². The molecular weight excluding hydrogens is 234 g/mol. The van der Waals surface area contributed by atoms with Gasteiger partial charge in [-0.05, 0) is 26.2 Å². The van der Waals surface area contributed by atoms with Gasteiger partial charge in [-0.25, -0.2) is 0 Å². The Kier molecular flexibility index (Phi) is 4.45. The summed E-state index contributed by atoms with van der Waals surface area (Å²) < 4.78 is 1.58. The summed E-state index contributed by atoms with van der Waals surface area (Å²) in [6.45, 7) is 7.58. The molecule has 1 atom stereocenters. The van der Waals surface area contributed by atoms with Crippen LogP contribution in [-0.4, -0.2) is 25.4 Å². The van der Waals surface area contributed by atoms with Gasteiger partial charge in [-0.15, -0.1) is 0 Å². The molecule has 1 aromatic heterocycles. The summed E-state index contributed by atoms with van der Waals surface area (Å²) in [6.07, 6.45) is 1.62. The average Bonchev–Trinajstić information content (AvgIpc) is 2.66. The van der Waals surface area contributed by atoms with Gasteiger partial charge in [-0.2, -0.15) is 5.10 Å². The zero-order chi connectivity index (χ0) is 13.9. The Hall–Kier alpha value is -1.43. The summed E-state index contributed by atoms with van der Waals surface area (Å²) in [4.78, 5) is 10.7. The SMILES string of the molecule is CCc1nn(CC(C)(O)CC)c(CC)c1[N+](=O)[O-]. The molecule has 102 valence electrons. The molecule has 1 aromatic rings. The highest BCUT2D eigenvalue weighted by molar-refractivity contribution is 5.41. The highest BCUT2D eigenvalue weighted by Crippen LogP contribution is 2.26. The third kappa shape index (κ3) is 2.87. The maximum atomic E-state index is 11.1. The van der Waals surface area contributed by atoms with Gasteiger partial charge in [0.15, 0.2) is 0 Å². The fraction of sp³-hybridized carbons (Fsp3) is 0.750. The maximum Gasteiger partial charge on any atom is 0.313 e. The van der Waals surface area contributed by atoms with Crippen molar-refractivity contribution in [3.8, 4) is 0 Å². The minimum Gasteiger partial charge on any atom is -0.388 e. The molecule has 0 aliphatic carbocycles. The lowest BCUT2D eigenvalue weighted by Gasteiger charge is -2.21. The Morgan fingerprint density at radius 1 is 1.39 bits per heavy atom. The van der Waals surface area contributed by atoms with Crippen LogP contribution in [0.3, 0.4) is 0 Å². The van der Waals surface area contributed by atoms with Gasteiger partial charge in [-0.1, -0.05) is 20.8 Å². The number of rotatable bonds is 6. The lowest BCUT2D eigenvalue weighted by atomic mass is 10.0. The van der Waals surface area contributed by atoms with Gasteiger partial charge >= 0.3 is 5.69 Å². The van der Waals surface area contributed by atoms with Crippen molar-refractivity contribution in [3.05, 3.63) is 21.5 Å². The van der Waals surface area contributed by atoms with Crippen molar-refractivity contribution in [2.24, 2.45) is 0 Å². The molecule has 0 bridgehead atoms. The van der Waals surface area contributed by atoms with Gasteiger partial charge in [0.25, 0.3) is 0 Å². The van der Waals surface area contributed by atoms with E-state index in [0.717, 1.165) is 0 Å². The molecule has 18 heavy (non-hydrogen) atoms. The molecule has 1 unspecified atom stereocenters. The average molecular weight is 255 g/mol. The lowest BCUT2D eigenvalue weighted by molar-refractivity contribution is -0.386. The normalized spacial score (nSPS) is 14.5. The number of hydrogen-bond donors (Lipinski definition) is 1. The second-order valence-electron chi connectivity index (χ2n) is 4.71. The van der Waals surface area contributed by atoms with Crippen LogP contribution in [0.1, 0.15) is 45.5 Å². The van der Waals surface area contributed by atoms with E-state index >= 15 is 0 Å². The number of aliphatic hydroxyl groups is 1. The highest BCUT2D eigenvalue weighted by atomic mass is 16.6. The first-order chi connectivity index (χ1) is 8.36. The van der Waals surface area contributed by atoms with Crippen LogP contribution in [0.25, 0.3) is 0 Å². The Bertz CT molecular complexity index is 438. The summed E-state index contributed by atoms with van der Waals surface area (Å²) in [5, 5.41) is 25.4. The second-order valence-corrected chi connectivity index (χ2v) is 4.71. The van der Waals surface area contributed by atoms with Crippen LogP contribution in [-0.2, 0) is 19.4 Å². The van der Waals surface area contributed by atoms with E-state index in [-0.39, 0.29) is 17.2 Å². The van der Waals surface area contributed by atoms with Gasteiger partial charge in [0.2, 0.25) is 0 Å². The number of nitrogens with zero attached hydrogens (tertiary/aromatic N) is 3. The largest absolute Gasteiger partial charge is 0.388 e. The van der Waals surface area contributed by atoms with E-state index in [4.69, 9.17) is 0 Å². The molecule has 0 aliphatic rings. The fourth-order valence-corrected chi connectivity index (χ4v) is 1.91. The predicted molar refractivity (Wildman–Crippen MR) is 68.6 cm³/mol. The monoisotopic (exact) mass is 255 g/mol. The van der Waals surface area contributed by atoms with Gasteiger partial charge in [-0.3, -0.25) is 14.8 Å². The predicted octanol–water partition coefficient (Wildman–Crippen LogP) is 2.08. The van der Waals surface area contributed by atoms with Crippen LogP contribution in [0.4, 0.5) is 5.69 Å². The van der Waals surface area contributed by atoms with Gasteiger partial charge < -0.3 is 5.11 Å². The molecular formula is C12H21N3O3. The van der Waals surface area contributed by atoms with Crippen LogP contribution in [0, 0.1) is 10.1 Å². The molecule has 0 amide bonds. The summed E-state index contributed by atoms with van der Waals surface area (Å²) >= 11 is 0. The van der Waals surface area contributed by atoms with Gasteiger partial charge in [0, 0.05) is 0 Å². The maximum absolute atomic E-state index is 11.1. The first-order valence-corrected chi connectivity index (χ1v) is 6.31. The molecule has 0 saturated heterocycles. The van der Waals surface area contributed by atoms with Crippen LogP contribution >= 0.6 is 0 Å². The molecule has 0 saturated carbocycles. The standard InChI is InChI=1S/C12H21N3O3/c1-5-9-11(15(17)18)10(6-2)14(13-9)8-12(4,16)7-3/h16H,5-8H2,1-4H3. The van der Waals surface area contributed by atoms with E-state index in [9.17, 15) is 15.2 Å². The zero-order valence-electron chi connectivity index (χ0n) is 11.4. The molecule has 0 fully saturated rings. The van der Waals surface area contributed by atoms with Crippen LogP contribution in [0.15, 0.2) is 0 Å². The summed E-state index contributed by atoms with van der Waals surface area (Å²) in [5.41, 5.74) is 0.288. The minimum absolute atomic E-state index is 0.104. The van der Waals surface area contributed by atoms with Crippen molar-refractivity contribution in [3.63, 3.8) is 0 Å². The smallest absolute Gasteiger partial charge is 0.313 e. The Morgan fingerprint density at radius 3 is 2.39 bits per heavy atom. The third-order valence-electron chi connectivity index (χ3n) is 3.20. The number of hydrogen-bond acceptors (Lipinski definition) is 4. The second kappa shape index (κ2) is 5.48. The van der Waals surface area contributed by atoms with E-state index in [1.807, 2.05) is 20.8 Å². The van der Waals surface area contributed by atoms with Crippen molar-refractivity contribution in [1.29, 1.82) is 0 Å². The molecule has 6 nitrogen and oxygen atoms in total. The molecule has 0 aromatic carbocycles. The fourth-order valence-electron chi connectivity index (χ4n) is 1.91. The molecule has 0 spiro atoms. The molecule has 1 N–H and O–H groups in total. The molecule has 1 heterocycles. The quantitative estimate of drug-likeness (QED) is 0.623. The van der Waals surface area contributed by atoms with Gasteiger partial charge in [0.05, 0.1) is 17.1 Å². The first kappa shape index (κ1) is 14.6. The lowest BCUT2D eigenvalue weighted by Crippen LogP contribution is -2.30.